The van der Waals surface area contributed by atoms with Gasteiger partial charge in [-0.05, 0) is 20.8 Å². The van der Waals surface area contributed by atoms with Gasteiger partial charge in [-0.25, -0.2) is 4.79 Å². The van der Waals surface area contributed by atoms with E-state index in [1.165, 1.54) is 0 Å². The first kappa shape index (κ1) is 15.8. The van der Waals surface area contributed by atoms with Gasteiger partial charge in [-0.3, -0.25) is 4.68 Å². The average molecular weight is 297 g/mol. The second-order valence-electron chi connectivity index (χ2n) is 5.38. The molecule has 0 unspecified atom stereocenters. The smallest absolute Gasteiger partial charge is 0.342 e. The number of aryl methyl sites for hydroxylation is 2. The normalized spacial score (nSPS) is 10.5. The summed E-state index contributed by atoms with van der Waals surface area (Å²) in [6.07, 6.45) is 1.80. The third-order valence-corrected chi connectivity index (χ3v) is 3.10. The summed E-state index contributed by atoms with van der Waals surface area (Å²) in [4.78, 5) is 12.3. The van der Waals surface area contributed by atoms with Crippen molar-refractivity contribution < 1.29 is 9.53 Å². The number of hydrogen-bond donors (Lipinski definition) is 0. The molecule has 0 aliphatic rings. The zero-order valence-corrected chi connectivity index (χ0v) is 13.0. The van der Waals surface area contributed by atoms with E-state index >= 15 is 0 Å². The first-order chi connectivity index (χ1) is 10.5. The Morgan fingerprint density at radius 3 is 2.64 bits per heavy atom. The molecule has 22 heavy (non-hydrogen) atoms. The van der Waals surface area contributed by atoms with E-state index < -0.39 is 5.97 Å². The molecule has 1 aromatic heterocycles. The lowest BCUT2D eigenvalue weighted by atomic mass is 10.1. The van der Waals surface area contributed by atoms with Crippen LogP contribution in [0.4, 0.5) is 0 Å². The Hall–Kier alpha value is -2.61. The summed E-state index contributed by atoms with van der Waals surface area (Å²) < 4.78 is 6.90. The van der Waals surface area contributed by atoms with Gasteiger partial charge in [0.1, 0.15) is 11.3 Å². The zero-order valence-electron chi connectivity index (χ0n) is 13.0. The molecule has 5 heteroatoms. The molecule has 0 fully saturated rings. The van der Waals surface area contributed by atoms with Crippen LogP contribution in [-0.4, -0.2) is 21.9 Å². The summed E-state index contributed by atoms with van der Waals surface area (Å²) in [6, 6.07) is 9.88. The van der Waals surface area contributed by atoms with Crippen molar-refractivity contribution in [1.82, 2.24) is 9.78 Å². The summed E-state index contributed by atoms with van der Waals surface area (Å²) in [7, 11) is 0. The highest BCUT2D eigenvalue weighted by atomic mass is 16.5. The standard InChI is InChI=1S/C17H19N3O2/c1-12(2)22-17(21)15-11-20(10-4-9-18)19-16(15)14-7-5-13(3)6-8-14/h5-8,11-12H,4,10H2,1-3H3. The van der Waals surface area contributed by atoms with E-state index in [2.05, 4.69) is 11.2 Å². The maximum absolute atomic E-state index is 12.3. The summed E-state index contributed by atoms with van der Waals surface area (Å²) in [5.41, 5.74) is 3.01. The van der Waals surface area contributed by atoms with Crippen molar-refractivity contribution in [1.29, 1.82) is 5.26 Å². The monoisotopic (exact) mass is 297 g/mol. The number of esters is 1. The second-order valence-corrected chi connectivity index (χ2v) is 5.38. The number of nitrogens with zero attached hydrogens (tertiary/aromatic N) is 3. The van der Waals surface area contributed by atoms with Gasteiger partial charge in [0.2, 0.25) is 0 Å². The van der Waals surface area contributed by atoms with Gasteiger partial charge in [0, 0.05) is 11.8 Å². The Balaban J connectivity index is 2.41. The van der Waals surface area contributed by atoms with Gasteiger partial charge >= 0.3 is 5.97 Å². The predicted octanol–water partition coefficient (Wildman–Crippen LogP) is 3.34. The summed E-state index contributed by atoms with van der Waals surface area (Å²) in [5, 5.41) is 13.1. The van der Waals surface area contributed by atoms with Gasteiger partial charge in [-0.2, -0.15) is 10.4 Å². The topological polar surface area (TPSA) is 67.9 Å². The first-order valence-corrected chi connectivity index (χ1v) is 7.23. The molecule has 2 aromatic rings. The lowest BCUT2D eigenvalue weighted by Crippen LogP contribution is -2.11. The lowest BCUT2D eigenvalue weighted by molar-refractivity contribution is 0.0378. The Morgan fingerprint density at radius 2 is 2.05 bits per heavy atom. The molecule has 0 amide bonds. The summed E-state index contributed by atoms with van der Waals surface area (Å²) in [5.74, 6) is -0.395. The average Bonchev–Trinajstić information content (AvgIpc) is 2.89. The van der Waals surface area contributed by atoms with Crippen molar-refractivity contribution in [2.45, 2.75) is 39.8 Å². The Bertz CT molecular complexity index is 694. The number of ether oxygens (including phenoxy) is 1. The van der Waals surface area contributed by atoms with E-state index in [-0.39, 0.29) is 6.10 Å². The minimum atomic E-state index is -0.395. The number of nitriles is 1. The van der Waals surface area contributed by atoms with Crippen LogP contribution in [0, 0.1) is 18.3 Å². The largest absolute Gasteiger partial charge is 0.459 e. The summed E-state index contributed by atoms with van der Waals surface area (Å²) in [6.45, 7) is 6.07. The maximum atomic E-state index is 12.3. The van der Waals surface area contributed by atoms with Crippen molar-refractivity contribution in [2.24, 2.45) is 0 Å². The number of rotatable bonds is 5. The molecular weight excluding hydrogens is 278 g/mol. The van der Waals surface area contributed by atoms with E-state index in [0.717, 1.165) is 11.1 Å². The van der Waals surface area contributed by atoms with Gasteiger partial charge in [-0.1, -0.05) is 29.8 Å². The molecule has 0 radical (unpaired) electrons. The van der Waals surface area contributed by atoms with Crippen molar-refractivity contribution >= 4 is 5.97 Å². The first-order valence-electron chi connectivity index (χ1n) is 7.23. The van der Waals surface area contributed by atoms with E-state index in [1.54, 1.807) is 10.9 Å². The fourth-order valence-electron chi connectivity index (χ4n) is 2.05. The van der Waals surface area contributed by atoms with Crippen LogP contribution in [-0.2, 0) is 11.3 Å². The molecule has 0 saturated heterocycles. The number of carbonyl (C=O) groups is 1. The molecule has 114 valence electrons. The minimum Gasteiger partial charge on any atom is -0.459 e. The van der Waals surface area contributed by atoms with Gasteiger partial charge in [0.25, 0.3) is 0 Å². The number of carbonyl (C=O) groups excluding carboxylic acids is 1. The van der Waals surface area contributed by atoms with Crippen LogP contribution >= 0.6 is 0 Å². The number of benzene rings is 1. The van der Waals surface area contributed by atoms with Crippen LogP contribution in [0.3, 0.4) is 0 Å². The molecule has 0 spiro atoms. The Morgan fingerprint density at radius 1 is 1.36 bits per heavy atom. The van der Waals surface area contributed by atoms with Crippen LogP contribution in [0.25, 0.3) is 11.3 Å². The third kappa shape index (κ3) is 3.73. The van der Waals surface area contributed by atoms with E-state index in [4.69, 9.17) is 10.00 Å². The summed E-state index contributed by atoms with van der Waals surface area (Å²) >= 11 is 0. The molecule has 5 nitrogen and oxygen atoms in total. The van der Waals surface area contributed by atoms with E-state index in [9.17, 15) is 4.79 Å². The van der Waals surface area contributed by atoms with Crippen LogP contribution in [0.2, 0.25) is 0 Å². The molecule has 0 saturated carbocycles. The molecule has 1 heterocycles. The Kier molecular flexibility index (Phi) is 4.95. The maximum Gasteiger partial charge on any atom is 0.342 e. The lowest BCUT2D eigenvalue weighted by Gasteiger charge is -2.07. The molecule has 0 aliphatic heterocycles. The molecular formula is C17H19N3O2. The zero-order chi connectivity index (χ0) is 16.1. The Labute approximate surface area is 130 Å². The fraction of sp³-hybridized carbons (Fsp3) is 0.353. The predicted molar refractivity (Wildman–Crippen MR) is 83.2 cm³/mol. The molecule has 0 bridgehead atoms. The van der Waals surface area contributed by atoms with Crippen LogP contribution in [0.1, 0.15) is 36.2 Å². The number of aromatic nitrogens is 2. The highest BCUT2D eigenvalue weighted by Crippen LogP contribution is 2.24. The van der Waals surface area contributed by atoms with Gasteiger partial charge < -0.3 is 4.74 Å². The molecule has 2 rings (SSSR count). The van der Waals surface area contributed by atoms with E-state index in [1.807, 2.05) is 45.0 Å². The van der Waals surface area contributed by atoms with Crippen LogP contribution in [0.15, 0.2) is 30.5 Å². The highest BCUT2D eigenvalue weighted by Gasteiger charge is 2.20. The van der Waals surface area contributed by atoms with Gasteiger partial charge in [0.05, 0.1) is 25.1 Å². The van der Waals surface area contributed by atoms with Crippen molar-refractivity contribution in [3.63, 3.8) is 0 Å². The van der Waals surface area contributed by atoms with Gasteiger partial charge in [0.15, 0.2) is 0 Å². The third-order valence-electron chi connectivity index (χ3n) is 3.10. The van der Waals surface area contributed by atoms with E-state index in [0.29, 0.717) is 24.2 Å². The SMILES string of the molecule is Cc1ccc(-c2nn(CCC#N)cc2C(=O)OC(C)C)cc1. The van der Waals surface area contributed by atoms with Crippen LogP contribution in [0.5, 0.6) is 0 Å². The fourth-order valence-corrected chi connectivity index (χ4v) is 2.05. The van der Waals surface area contributed by atoms with Crippen molar-refractivity contribution in [2.75, 3.05) is 0 Å². The van der Waals surface area contributed by atoms with Gasteiger partial charge in [-0.15, -0.1) is 0 Å². The second kappa shape index (κ2) is 6.90. The number of hydrogen-bond acceptors (Lipinski definition) is 4. The highest BCUT2D eigenvalue weighted by molar-refractivity contribution is 5.96. The van der Waals surface area contributed by atoms with Crippen molar-refractivity contribution in [3.8, 4) is 17.3 Å². The molecule has 0 aliphatic carbocycles. The van der Waals surface area contributed by atoms with Crippen LogP contribution < -0.4 is 0 Å². The minimum absolute atomic E-state index is 0.194. The molecule has 0 atom stereocenters. The van der Waals surface area contributed by atoms with Crippen molar-refractivity contribution in [3.05, 3.63) is 41.6 Å². The quantitative estimate of drug-likeness (QED) is 0.794. The molecule has 0 N–H and O–H groups in total. The molecule has 1 aromatic carbocycles.